The van der Waals surface area contributed by atoms with E-state index in [1.807, 2.05) is 30.3 Å². The summed E-state index contributed by atoms with van der Waals surface area (Å²) in [4.78, 5) is 22.1. The van der Waals surface area contributed by atoms with Gasteiger partial charge in [0.25, 0.3) is 0 Å². The molecule has 1 amide bonds. The first kappa shape index (κ1) is 14.6. The van der Waals surface area contributed by atoms with Crippen molar-refractivity contribution in [3.05, 3.63) is 53.4 Å². The Kier molecular flexibility index (Phi) is 4.92. The number of nitrogens with zero attached hydrogens (tertiary/aromatic N) is 1. The number of alkyl carbamates (subject to hydrolysis) is 1. The average Bonchev–Trinajstić information content (AvgIpc) is 2.95. The quantitative estimate of drug-likeness (QED) is 0.841. The number of carbonyl (C=O) groups is 2. The molecule has 0 spiro atoms. The molecular weight excluding hydrogens is 276 g/mol. The van der Waals surface area contributed by atoms with E-state index in [-0.39, 0.29) is 18.8 Å². The molecule has 0 radical (unpaired) electrons. The van der Waals surface area contributed by atoms with Crippen LogP contribution in [0.5, 0.6) is 0 Å². The van der Waals surface area contributed by atoms with Crippen LogP contribution < -0.4 is 5.32 Å². The summed E-state index contributed by atoms with van der Waals surface area (Å²) in [6.45, 7) is 0.458. The normalized spacial score (nSPS) is 10.1. The van der Waals surface area contributed by atoms with E-state index >= 15 is 0 Å². The lowest BCUT2D eigenvalue weighted by molar-refractivity contribution is 0.0685. The Bertz CT molecular complexity index is 609. The average molecular weight is 290 g/mol. The van der Waals surface area contributed by atoms with Crippen molar-refractivity contribution in [3.8, 4) is 0 Å². The summed E-state index contributed by atoms with van der Waals surface area (Å²) in [7, 11) is 0. The lowest BCUT2D eigenvalue weighted by Gasteiger charge is -2.05. The number of carboxylic acid groups (broad SMARTS) is 1. The molecule has 1 aromatic carbocycles. The molecule has 21 heavy (non-hydrogen) atoms. The maximum absolute atomic E-state index is 11.4. The van der Waals surface area contributed by atoms with E-state index in [2.05, 4.69) is 10.5 Å². The van der Waals surface area contributed by atoms with Gasteiger partial charge >= 0.3 is 12.1 Å². The Hall–Kier alpha value is -2.83. The van der Waals surface area contributed by atoms with E-state index in [9.17, 15) is 9.59 Å². The maximum Gasteiger partial charge on any atom is 0.407 e. The predicted molar refractivity (Wildman–Crippen MR) is 71.8 cm³/mol. The minimum Gasteiger partial charge on any atom is -0.476 e. The maximum atomic E-state index is 11.4. The van der Waals surface area contributed by atoms with Crippen LogP contribution in [0.1, 0.15) is 21.8 Å². The third-order valence-corrected chi connectivity index (χ3v) is 2.63. The third-order valence-electron chi connectivity index (χ3n) is 2.63. The molecule has 0 aliphatic heterocycles. The van der Waals surface area contributed by atoms with Gasteiger partial charge in [-0.3, -0.25) is 0 Å². The highest BCUT2D eigenvalue weighted by molar-refractivity contribution is 5.85. The zero-order chi connectivity index (χ0) is 15.1. The molecule has 0 bridgehead atoms. The number of amides is 1. The second kappa shape index (κ2) is 7.09. The molecule has 0 unspecified atom stereocenters. The third kappa shape index (κ3) is 4.64. The molecule has 2 rings (SSSR count). The van der Waals surface area contributed by atoms with Crippen LogP contribution in [0.3, 0.4) is 0 Å². The monoisotopic (exact) mass is 290 g/mol. The molecule has 0 atom stereocenters. The van der Waals surface area contributed by atoms with Crippen LogP contribution in [-0.2, 0) is 17.8 Å². The van der Waals surface area contributed by atoms with Crippen molar-refractivity contribution < 1.29 is 24.0 Å². The number of ether oxygens (including phenoxy) is 1. The Labute approximate surface area is 120 Å². The molecule has 0 saturated carbocycles. The molecule has 2 aromatic rings. The summed E-state index contributed by atoms with van der Waals surface area (Å²) in [6, 6.07) is 10.6. The van der Waals surface area contributed by atoms with Gasteiger partial charge in [0.15, 0.2) is 5.69 Å². The van der Waals surface area contributed by atoms with E-state index in [1.54, 1.807) is 0 Å². The van der Waals surface area contributed by atoms with E-state index in [1.165, 1.54) is 6.07 Å². The summed E-state index contributed by atoms with van der Waals surface area (Å²) >= 11 is 0. The molecule has 7 nitrogen and oxygen atoms in total. The number of rotatable bonds is 6. The van der Waals surface area contributed by atoms with Crippen molar-refractivity contribution in [2.45, 2.75) is 13.0 Å². The van der Waals surface area contributed by atoms with Gasteiger partial charge in [0.05, 0.1) is 0 Å². The Morgan fingerprint density at radius 1 is 1.29 bits per heavy atom. The van der Waals surface area contributed by atoms with Crippen LogP contribution in [0.4, 0.5) is 4.79 Å². The van der Waals surface area contributed by atoms with Gasteiger partial charge in [-0.05, 0) is 5.56 Å². The van der Waals surface area contributed by atoms with Gasteiger partial charge in [0, 0.05) is 19.0 Å². The van der Waals surface area contributed by atoms with Crippen LogP contribution in [0.15, 0.2) is 40.9 Å². The summed E-state index contributed by atoms with van der Waals surface area (Å²) < 4.78 is 9.83. The summed E-state index contributed by atoms with van der Waals surface area (Å²) in [6.07, 6.45) is -0.211. The molecule has 110 valence electrons. The molecule has 7 heteroatoms. The van der Waals surface area contributed by atoms with Crippen molar-refractivity contribution in [2.24, 2.45) is 0 Å². The molecule has 0 aliphatic carbocycles. The Balaban J connectivity index is 1.68. The smallest absolute Gasteiger partial charge is 0.407 e. The van der Waals surface area contributed by atoms with Crippen molar-refractivity contribution in [1.29, 1.82) is 0 Å². The van der Waals surface area contributed by atoms with Crippen LogP contribution in [0.2, 0.25) is 0 Å². The molecule has 0 saturated heterocycles. The van der Waals surface area contributed by atoms with Gasteiger partial charge in [-0.2, -0.15) is 0 Å². The zero-order valence-corrected chi connectivity index (χ0v) is 11.1. The number of aromatic carboxylic acids is 1. The van der Waals surface area contributed by atoms with Crippen molar-refractivity contribution in [1.82, 2.24) is 10.5 Å². The molecule has 2 N–H and O–H groups in total. The van der Waals surface area contributed by atoms with Gasteiger partial charge in [-0.25, -0.2) is 9.59 Å². The second-order valence-corrected chi connectivity index (χ2v) is 4.22. The van der Waals surface area contributed by atoms with Crippen molar-refractivity contribution >= 4 is 12.1 Å². The highest BCUT2D eigenvalue weighted by Crippen LogP contribution is 2.04. The van der Waals surface area contributed by atoms with Gasteiger partial charge in [-0.15, -0.1) is 0 Å². The highest BCUT2D eigenvalue weighted by atomic mass is 16.5. The number of nitrogens with one attached hydrogen (secondary N) is 1. The Morgan fingerprint density at radius 3 is 2.71 bits per heavy atom. The molecule has 1 heterocycles. The molecule has 0 fully saturated rings. The lowest BCUT2D eigenvalue weighted by atomic mass is 10.2. The minimum atomic E-state index is -1.15. The largest absolute Gasteiger partial charge is 0.476 e. The molecule has 0 aliphatic rings. The fourth-order valence-corrected chi connectivity index (χ4v) is 1.59. The number of aromatic nitrogens is 1. The lowest BCUT2D eigenvalue weighted by Crippen LogP contribution is -2.26. The summed E-state index contributed by atoms with van der Waals surface area (Å²) in [5.41, 5.74) is 0.741. The van der Waals surface area contributed by atoms with Gasteiger partial charge in [0.1, 0.15) is 12.4 Å². The fourth-order valence-electron chi connectivity index (χ4n) is 1.59. The van der Waals surface area contributed by atoms with E-state index in [4.69, 9.17) is 14.4 Å². The van der Waals surface area contributed by atoms with Gasteiger partial charge in [0.2, 0.25) is 0 Å². The van der Waals surface area contributed by atoms with Crippen LogP contribution >= 0.6 is 0 Å². The number of hydrogen-bond donors (Lipinski definition) is 2. The first-order valence-corrected chi connectivity index (χ1v) is 6.28. The SMILES string of the molecule is O=C(NCCc1cc(C(=O)O)no1)OCc1ccccc1. The van der Waals surface area contributed by atoms with Crippen molar-refractivity contribution in [2.75, 3.05) is 6.54 Å². The number of carboxylic acids is 1. The standard InChI is InChI=1S/C14H14N2O5/c17-13(18)12-8-11(21-16-12)6-7-15-14(19)20-9-10-4-2-1-3-5-10/h1-5,8H,6-7,9H2,(H,15,19)(H,17,18). The highest BCUT2D eigenvalue weighted by Gasteiger charge is 2.10. The minimum absolute atomic E-state index is 0.156. The summed E-state index contributed by atoms with van der Waals surface area (Å²) in [5.74, 6) is -0.768. The predicted octanol–water partition coefficient (Wildman–Crippen LogP) is 1.84. The Morgan fingerprint density at radius 2 is 2.05 bits per heavy atom. The van der Waals surface area contributed by atoms with E-state index < -0.39 is 12.1 Å². The summed E-state index contributed by atoms with van der Waals surface area (Å²) in [5, 5.41) is 14.6. The zero-order valence-electron chi connectivity index (χ0n) is 11.1. The second-order valence-electron chi connectivity index (χ2n) is 4.22. The number of hydrogen-bond acceptors (Lipinski definition) is 5. The van der Waals surface area contributed by atoms with Crippen LogP contribution in [0, 0.1) is 0 Å². The van der Waals surface area contributed by atoms with E-state index in [0.29, 0.717) is 12.2 Å². The molecular formula is C14H14N2O5. The number of carbonyl (C=O) groups excluding carboxylic acids is 1. The topological polar surface area (TPSA) is 102 Å². The first-order chi connectivity index (χ1) is 10.1. The van der Waals surface area contributed by atoms with Crippen LogP contribution in [-0.4, -0.2) is 28.9 Å². The van der Waals surface area contributed by atoms with Crippen molar-refractivity contribution in [3.63, 3.8) is 0 Å². The molecule has 1 aromatic heterocycles. The first-order valence-electron chi connectivity index (χ1n) is 6.28. The van der Waals surface area contributed by atoms with Gasteiger partial charge in [-0.1, -0.05) is 35.5 Å². The fraction of sp³-hybridized carbons (Fsp3) is 0.214. The number of benzene rings is 1. The van der Waals surface area contributed by atoms with Crippen LogP contribution in [0.25, 0.3) is 0 Å². The van der Waals surface area contributed by atoms with E-state index in [0.717, 1.165) is 5.56 Å². The van der Waals surface area contributed by atoms with Gasteiger partial charge < -0.3 is 19.7 Å².